The predicted octanol–water partition coefficient (Wildman–Crippen LogP) is 2.33. The van der Waals surface area contributed by atoms with Gasteiger partial charge in [-0.2, -0.15) is 5.26 Å². The SMILES string of the molecule is N#Cc1cnc(C(F)F)c(C(=O)O)c1CCl. The molecule has 1 aromatic heterocycles. The molecule has 0 aliphatic carbocycles. The number of halogens is 3. The van der Waals surface area contributed by atoms with Crippen LogP contribution in [0.15, 0.2) is 6.20 Å². The zero-order valence-electron chi connectivity index (χ0n) is 7.75. The number of hydrogen-bond acceptors (Lipinski definition) is 3. The minimum atomic E-state index is -3.03. The first-order valence-corrected chi connectivity index (χ1v) is 4.55. The van der Waals surface area contributed by atoms with Crippen LogP contribution in [0.3, 0.4) is 0 Å². The Balaban J connectivity index is 3.58. The van der Waals surface area contributed by atoms with E-state index in [2.05, 4.69) is 4.98 Å². The van der Waals surface area contributed by atoms with Gasteiger partial charge >= 0.3 is 5.97 Å². The summed E-state index contributed by atoms with van der Waals surface area (Å²) in [5, 5.41) is 17.5. The first-order valence-electron chi connectivity index (χ1n) is 4.02. The van der Waals surface area contributed by atoms with Crippen LogP contribution in [0.4, 0.5) is 8.78 Å². The molecule has 1 N–H and O–H groups in total. The predicted molar refractivity (Wildman–Crippen MR) is 50.4 cm³/mol. The molecule has 7 heteroatoms. The summed E-state index contributed by atoms with van der Waals surface area (Å²) in [6.45, 7) is 0. The minimum Gasteiger partial charge on any atom is -0.478 e. The summed E-state index contributed by atoms with van der Waals surface area (Å²) in [6, 6.07) is 1.65. The maximum atomic E-state index is 12.5. The molecule has 16 heavy (non-hydrogen) atoms. The van der Waals surface area contributed by atoms with Crippen molar-refractivity contribution >= 4 is 17.6 Å². The highest BCUT2D eigenvalue weighted by Gasteiger charge is 2.25. The Kier molecular flexibility index (Phi) is 3.74. The Morgan fingerprint density at radius 1 is 1.69 bits per heavy atom. The van der Waals surface area contributed by atoms with Crippen molar-refractivity contribution in [3.63, 3.8) is 0 Å². The molecule has 0 aliphatic heterocycles. The average molecular weight is 247 g/mol. The van der Waals surface area contributed by atoms with E-state index in [4.69, 9.17) is 22.0 Å². The molecule has 0 radical (unpaired) electrons. The average Bonchev–Trinajstić information content (AvgIpc) is 2.26. The van der Waals surface area contributed by atoms with Gasteiger partial charge in [-0.3, -0.25) is 4.98 Å². The van der Waals surface area contributed by atoms with E-state index in [9.17, 15) is 13.6 Å². The van der Waals surface area contributed by atoms with Crippen LogP contribution in [-0.4, -0.2) is 16.1 Å². The smallest absolute Gasteiger partial charge is 0.338 e. The number of aromatic nitrogens is 1. The Bertz CT molecular complexity index is 471. The molecular weight excluding hydrogens is 242 g/mol. The first-order chi connectivity index (χ1) is 7.52. The lowest BCUT2D eigenvalue weighted by Crippen LogP contribution is -2.11. The molecule has 0 bridgehead atoms. The van der Waals surface area contributed by atoms with E-state index in [1.807, 2.05) is 0 Å². The number of pyridine rings is 1. The van der Waals surface area contributed by atoms with Gasteiger partial charge in [0.05, 0.1) is 11.1 Å². The van der Waals surface area contributed by atoms with Crippen molar-refractivity contribution in [2.75, 3.05) is 0 Å². The number of nitriles is 1. The Morgan fingerprint density at radius 2 is 2.31 bits per heavy atom. The summed E-state index contributed by atoms with van der Waals surface area (Å²) < 4.78 is 25.0. The van der Waals surface area contributed by atoms with Crippen molar-refractivity contribution in [3.8, 4) is 6.07 Å². The zero-order chi connectivity index (χ0) is 12.3. The summed E-state index contributed by atoms with van der Waals surface area (Å²) in [4.78, 5) is 14.1. The molecule has 1 heterocycles. The van der Waals surface area contributed by atoms with Crippen LogP contribution in [0.5, 0.6) is 0 Å². The Morgan fingerprint density at radius 3 is 2.69 bits per heavy atom. The van der Waals surface area contributed by atoms with Crippen LogP contribution >= 0.6 is 11.6 Å². The Hall–Kier alpha value is -1.74. The first kappa shape index (κ1) is 12.3. The monoisotopic (exact) mass is 246 g/mol. The van der Waals surface area contributed by atoms with E-state index in [1.54, 1.807) is 6.07 Å². The fraction of sp³-hybridized carbons (Fsp3) is 0.222. The Labute approximate surface area is 94.1 Å². The summed E-state index contributed by atoms with van der Waals surface area (Å²) in [5.41, 5.74) is -1.81. The molecule has 1 aromatic rings. The van der Waals surface area contributed by atoms with E-state index in [1.165, 1.54) is 0 Å². The maximum Gasteiger partial charge on any atom is 0.338 e. The van der Waals surface area contributed by atoms with Gasteiger partial charge in [0, 0.05) is 17.6 Å². The normalized spacial score (nSPS) is 10.2. The van der Waals surface area contributed by atoms with Crippen molar-refractivity contribution in [1.82, 2.24) is 4.98 Å². The molecule has 0 unspecified atom stereocenters. The van der Waals surface area contributed by atoms with Crippen molar-refractivity contribution in [1.29, 1.82) is 5.26 Å². The molecule has 0 spiro atoms. The van der Waals surface area contributed by atoms with Gasteiger partial charge in [-0.1, -0.05) is 0 Å². The van der Waals surface area contributed by atoms with Crippen molar-refractivity contribution in [2.45, 2.75) is 12.3 Å². The van der Waals surface area contributed by atoms with Crippen LogP contribution in [0.1, 0.15) is 33.6 Å². The molecule has 84 valence electrons. The summed E-state index contributed by atoms with van der Waals surface area (Å²) in [5.74, 6) is -1.91. The molecule has 1 rings (SSSR count). The molecule has 0 saturated heterocycles. The van der Waals surface area contributed by atoms with E-state index in [0.29, 0.717) is 0 Å². The van der Waals surface area contributed by atoms with Crippen LogP contribution in [-0.2, 0) is 5.88 Å². The number of carbonyl (C=O) groups is 1. The van der Waals surface area contributed by atoms with Gasteiger partial charge in [-0.15, -0.1) is 11.6 Å². The lowest BCUT2D eigenvalue weighted by atomic mass is 10.0. The maximum absolute atomic E-state index is 12.5. The number of hydrogen-bond donors (Lipinski definition) is 1. The van der Waals surface area contributed by atoms with Crippen LogP contribution in [0, 0.1) is 11.3 Å². The summed E-state index contributed by atoms with van der Waals surface area (Å²) in [7, 11) is 0. The third-order valence-electron chi connectivity index (χ3n) is 1.89. The number of rotatable bonds is 3. The van der Waals surface area contributed by atoms with Gasteiger partial charge in [-0.25, -0.2) is 13.6 Å². The van der Waals surface area contributed by atoms with Gasteiger partial charge in [0.15, 0.2) is 0 Å². The standard InChI is InChI=1S/C9H5ClF2N2O2/c10-1-5-4(2-13)3-14-7(8(11)12)6(5)9(15)16/h3,8H,1H2,(H,15,16). The quantitative estimate of drug-likeness (QED) is 0.831. The second kappa shape index (κ2) is 4.86. The van der Waals surface area contributed by atoms with Gasteiger partial charge in [0.25, 0.3) is 6.43 Å². The number of carboxylic acids is 1. The second-order valence-corrected chi connectivity index (χ2v) is 3.03. The lowest BCUT2D eigenvalue weighted by Gasteiger charge is -2.09. The third-order valence-corrected chi connectivity index (χ3v) is 2.16. The van der Waals surface area contributed by atoms with Crippen molar-refractivity contribution < 1.29 is 18.7 Å². The fourth-order valence-corrected chi connectivity index (χ4v) is 1.48. The molecule has 4 nitrogen and oxygen atoms in total. The van der Waals surface area contributed by atoms with Crippen LogP contribution < -0.4 is 0 Å². The highest BCUT2D eigenvalue weighted by molar-refractivity contribution is 6.18. The molecule has 0 fully saturated rings. The highest BCUT2D eigenvalue weighted by Crippen LogP contribution is 2.26. The van der Waals surface area contributed by atoms with E-state index < -0.39 is 23.7 Å². The number of aromatic carboxylic acids is 1. The summed E-state index contributed by atoms with van der Waals surface area (Å²) >= 11 is 5.45. The molecule has 0 aliphatic rings. The lowest BCUT2D eigenvalue weighted by molar-refractivity contribution is 0.0681. The van der Waals surface area contributed by atoms with Gasteiger partial charge in [0.1, 0.15) is 11.8 Å². The third kappa shape index (κ3) is 2.09. The molecule has 0 saturated carbocycles. The van der Waals surface area contributed by atoms with Crippen molar-refractivity contribution in [2.24, 2.45) is 0 Å². The largest absolute Gasteiger partial charge is 0.478 e. The van der Waals surface area contributed by atoms with Gasteiger partial charge in [0.2, 0.25) is 0 Å². The minimum absolute atomic E-state index is 0.114. The second-order valence-electron chi connectivity index (χ2n) is 2.76. The molecule has 0 aromatic carbocycles. The van der Waals surface area contributed by atoms with Crippen LogP contribution in [0.25, 0.3) is 0 Å². The van der Waals surface area contributed by atoms with Crippen molar-refractivity contribution in [3.05, 3.63) is 28.6 Å². The number of alkyl halides is 3. The van der Waals surface area contributed by atoms with E-state index in [-0.39, 0.29) is 17.0 Å². The fourth-order valence-electron chi connectivity index (χ4n) is 1.21. The van der Waals surface area contributed by atoms with Crippen LogP contribution in [0.2, 0.25) is 0 Å². The zero-order valence-corrected chi connectivity index (χ0v) is 8.50. The number of carboxylic acid groups (broad SMARTS) is 1. The summed E-state index contributed by atoms with van der Waals surface area (Å²) in [6.07, 6.45) is -2.13. The topological polar surface area (TPSA) is 74.0 Å². The number of nitrogens with zero attached hydrogens (tertiary/aromatic N) is 2. The van der Waals surface area contributed by atoms with Gasteiger partial charge in [-0.05, 0) is 0 Å². The molecule has 0 atom stereocenters. The van der Waals surface area contributed by atoms with Gasteiger partial charge < -0.3 is 5.11 Å². The van der Waals surface area contributed by atoms with E-state index >= 15 is 0 Å². The highest BCUT2D eigenvalue weighted by atomic mass is 35.5. The molecule has 0 amide bonds. The van der Waals surface area contributed by atoms with E-state index in [0.717, 1.165) is 6.20 Å². The molecular formula is C9H5ClF2N2O2.